The highest BCUT2D eigenvalue weighted by atomic mass is 32.1. The number of nitrogens with zero attached hydrogens (tertiary/aromatic N) is 2. The molecule has 116 valence electrons. The van der Waals surface area contributed by atoms with Crippen molar-refractivity contribution in [2.75, 3.05) is 19.6 Å². The number of hydrogen-bond acceptors (Lipinski definition) is 4. The van der Waals surface area contributed by atoms with E-state index >= 15 is 0 Å². The molecule has 3 nitrogen and oxygen atoms in total. The van der Waals surface area contributed by atoms with Gasteiger partial charge in [0.15, 0.2) is 0 Å². The van der Waals surface area contributed by atoms with Gasteiger partial charge in [0.05, 0.1) is 12.2 Å². The summed E-state index contributed by atoms with van der Waals surface area (Å²) in [5, 5.41) is 4.82. The second-order valence-corrected chi connectivity index (χ2v) is 6.73. The summed E-state index contributed by atoms with van der Waals surface area (Å²) in [6.07, 6.45) is 2.50. The Morgan fingerprint density at radius 2 is 1.90 bits per heavy atom. The lowest BCUT2D eigenvalue weighted by Gasteiger charge is -2.15. The van der Waals surface area contributed by atoms with Gasteiger partial charge in [-0.2, -0.15) is 0 Å². The number of rotatable bonds is 10. The summed E-state index contributed by atoms with van der Waals surface area (Å²) >= 11 is 1.89. The minimum Gasteiger partial charge on any atom is -0.312 e. The second-order valence-electron chi connectivity index (χ2n) is 5.56. The SMILES string of the molecule is CCCCNCc1sc(CN(CC)CC)nc1C(C)C. The first-order chi connectivity index (χ1) is 9.62. The van der Waals surface area contributed by atoms with E-state index in [9.17, 15) is 0 Å². The van der Waals surface area contributed by atoms with Gasteiger partial charge in [0.25, 0.3) is 0 Å². The Bertz CT molecular complexity index is 370. The van der Waals surface area contributed by atoms with Gasteiger partial charge in [-0.15, -0.1) is 11.3 Å². The van der Waals surface area contributed by atoms with Crippen LogP contribution < -0.4 is 5.32 Å². The lowest BCUT2D eigenvalue weighted by atomic mass is 10.1. The third-order valence-electron chi connectivity index (χ3n) is 3.56. The van der Waals surface area contributed by atoms with Gasteiger partial charge < -0.3 is 5.32 Å². The number of aromatic nitrogens is 1. The van der Waals surface area contributed by atoms with Crippen molar-refractivity contribution in [1.82, 2.24) is 15.2 Å². The number of thiazole rings is 1. The zero-order valence-corrected chi connectivity index (χ0v) is 14.6. The van der Waals surface area contributed by atoms with E-state index in [0.717, 1.165) is 32.7 Å². The van der Waals surface area contributed by atoms with Crippen LogP contribution in [-0.2, 0) is 13.1 Å². The molecule has 0 aliphatic carbocycles. The van der Waals surface area contributed by atoms with Crippen LogP contribution in [0.3, 0.4) is 0 Å². The summed E-state index contributed by atoms with van der Waals surface area (Å²) in [5.74, 6) is 0.514. The predicted octanol–water partition coefficient (Wildman–Crippen LogP) is 4.00. The molecule has 0 radical (unpaired) electrons. The highest BCUT2D eigenvalue weighted by Gasteiger charge is 2.15. The van der Waals surface area contributed by atoms with Crippen LogP contribution in [0.1, 0.15) is 69.0 Å². The summed E-state index contributed by atoms with van der Waals surface area (Å²) in [7, 11) is 0. The maximum absolute atomic E-state index is 4.88. The molecule has 1 aromatic rings. The van der Waals surface area contributed by atoms with Crippen molar-refractivity contribution in [2.24, 2.45) is 0 Å². The van der Waals surface area contributed by atoms with Crippen LogP contribution in [0.15, 0.2) is 0 Å². The Morgan fingerprint density at radius 3 is 2.45 bits per heavy atom. The van der Waals surface area contributed by atoms with Gasteiger partial charge in [0, 0.05) is 11.4 Å². The minimum atomic E-state index is 0.514. The van der Waals surface area contributed by atoms with E-state index in [1.165, 1.54) is 28.4 Å². The van der Waals surface area contributed by atoms with Gasteiger partial charge in [-0.1, -0.05) is 41.0 Å². The van der Waals surface area contributed by atoms with Crippen LogP contribution >= 0.6 is 11.3 Å². The molecule has 0 aromatic carbocycles. The van der Waals surface area contributed by atoms with E-state index in [-0.39, 0.29) is 0 Å². The molecule has 1 aromatic heterocycles. The third-order valence-corrected chi connectivity index (χ3v) is 4.62. The van der Waals surface area contributed by atoms with Crippen molar-refractivity contribution in [3.63, 3.8) is 0 Å². The van der Waals surface area contributed by atoms with Crippen molar-refractivity contribution >= 4 is 11.3 Å². The summed E-state index contributed by atoms with van der Waals surface area (Å²) < 4.78 is 0. The molecule has 0 fully saturated rings. The predicted molar refractivity (Wildman–Crippen MR) is 89.4 cm³/mol. The Labute approximate surface area is 128 Å². The topological polar surface area (TPSA) is 28.2 Å². The van der Waals surface area contributed by atoms with Crippen LogP contribution in [0.4, 0.5) is 0 Å². The fourth-order valence-electron chi connectivity index (χ4n) is 2.20. The van der Waals surface area contributed by atoms with Crippen LogP contribution in [0.25, 0.3) is 0 Å². The maximum Gasteiger partial charge on any atom is 0.107 e. The molecule has 0 unspecified atom stereocenters. The van der Waals surface area contributed by atoms with E-state index in [1.54, 1.807) is 0 Å². The van der Waals surface area contributed by atoms with Gasteiger partial charge >= 0.3 is 0 Å². The monoisotopic (exact) mass is 297 g/mol. The third kappa shape index (κ3) is 5.51. The average molecular weight is 298 g/mol. The lowest BCUT2D eigenvalue weighted by molar-refractivity contribution is 0.295. The standard InChI is InChI=1S/C16H31N3S/c1-6-9-10-17-11-14-16(13(4)5)18-15(20-14)12-19(7-2)8-3/h13,17H,6-12H2,1-5H3. The Kier molecular flexibility index (Phi) is 8.34. The molecular formula is C16H31N3S. The number of unbranched alkanes of at least 4 members (excludes halogenated alkanes) is 1. The van der Waals surface area contributed by atoms with E-state index in [0.29, 0.717) is 5.92 Å². The van der Waals surface area contributed by atoms with Crippen molar-refractivity contribution in [3.8, 4) is 0 Å². The number of hydrogen-bond donors (Lipinski definition) is 1. The highest BCUT2D eigenvalue weighted by molar-refractivity contribution is 7.11. The van der Waals surface area contributed by atoms with E-state index < -0.39 is 0 Å². The molecule has 0 bridgehead atoms. The summed E-state index contributed by atoms with van der Waals surface area (Å²) in [4.78, 5) is 8.74. The molecule has 0 saturated carbocycles. The van der Waals surface area contributed by atoms with Crippen LogP contribution in [0.5, 0.6) is 0 Å². The molecule has 0 saturated heterocycles. The maximum atomic E-state index is 4.88. The first kappa shape index (κ1) is 17.6. The molecule has 20 heavy (non-hydrogen) atoms. The molecular weight excluding hydrogens is 266 g/mol. The molecule has 0 aliphatic heterocycles. The minimum absolute atomic E-state index is 0.514. The van der Waals surface area contributed by atoms with Crippen LogP contribution in [0, 0.1) is 0 Å². The molecule has 1 N–H and O–H groups in total. The molecule has 1 rings (SSSR count). The summed E-state index contributed by atoms with van der Waals surface area (Å²) in [6.45, 7) is 16.4. The van der Waals surface area contributed by atoms with Crippen LogP contribution in [-0.4, -0.2) is 29.5 Å². The van der Waals surface area contributed by atoms with Gasteiger partial charge in [0.2, 0.25) is 0 Å². The fraction of sp³-hybridized carbons (Fsp3) is 0.812. The Hall–Kier alpha value is -0.450. The van der Waals surface area contributed by atoms with Gasteiger partial charge in [-0.3, -0.25) is 4.90 Å². The quantitative estimate of drug-likeness (QED) is 0.662. The lowest BCUT2D eigenvalue weighted by Crippen LogP contribution is -2.21. The zero-order valence-electron chi connectivity index (χ0n) is 13.8. The van der Waals surface area contributed by atoms with E-state index in [1.807, 2.05) is 11.3 Å². The van der Waals surface area contributed by atoms with Gasteiger partial charge in [-0.05, 0) is 32.0 Å². The van der Waals surface area contributed by atoms with Crippen molar-refractivity contribution in [2.45, 2.75) is 66.5 Å². The van der Waals surface area contributed by atoms with Gasteiger partial charge in [0.1, 0.15) is 5.01 Å². The largest absolute Gasteiger partial charge is 0.312 e. The summed E-state index contributed by atoms with van der Waals surface area (Å²) in [6, 6.07) is 0. The zero-order chi connectivity index (χ0) is 15.0. The molecule has 0 spiro atoms. The van der Waals surface area contributed by atoms with Crippen molar-refractivity contribution in [1.29, 1.82) is 0 Å². The van der Waals surface area contributed by atoms with Crippen molar-refractivity contribution in [3.05, 3.63) is 15.6 Å². The Morgan fingerprint density at radius 1 is 1.20 bits per heavy atom. The Balaban J connectivity index is 2.69. The number of nitrogens with one attached hydrogen (secondary N) is 1. The smallest absolute Gasteiger partial charge is 0.107 e. The molecule has 0 amide bonds. The van der Waals surface area contributed by atoms with Gasteiger partial charge in [-0.25, -0.2) is 4.98 Å². The second kappa shape index (κ2) is 9.48. The van der Waals surface area contributed by atoms with Crippen molar-refractivity contribution < 1.29 is 0 Å². The first-order valence-electron chi connectivity index (χ1n) is 8.03. The molecule has 0 aliphatic rings. The molecule has 0 atom stereocenters. The van der Waals surface area contributed by atoms with E-state index in [2.05, 4.69) is 44.8 Å². The molecule has 1 heterocycles. The summed E-state index contributed by atoms with van der Waals surface area (Å²) in [5.41, 5.74) is 1.29. The molecule has 4 heteroatoms. The highest BCUT2D eigenvalue weighted by Crippen LogP contribution is 2.26. The average Bonchev–Trinajstić information content (AvgIpc) is 2.84. The van der Waals surface area contributed by atoms with E-state index in [4.69, 9.17) is 4.98 Å². The normalized spacial score (nSPS) is 11.8. The van der Waals surface area contributed by atoms with Crippen LogP contribution in [0.2, 0.25) is 0 Å². The first-order valence-corrected chi connectivity index (χ1v) is 8.85. The fourth-order valence-corrected chi connectivity index (χ4v) is 3.44.